The van der Waals surface area contributed by atoms with E-state index in [1.165, 1.54) is 7.05 Å². The van der Waals surface area contributed by atoms with Crippen LogP contribution < -0.4 is 5.32 Å². The van der Waals surface area contributed by atoms with Crippen molar-refractivity contribution in [3.63, 3.8) is 0 Å². The number of benzene rings is 1. The lowest BCUT2D eigenvalue weighted by Gasteiger charge is -2.37. The first-order valence-corrected chi connectivity index (χ1v) is 7.34. The summed E-state index contributed by atoms with van der Waals surface area (Å²) in [6.45, 7) is 7.73. The van der Waals surface area contributed by atoms with Gasteiger partial charge in [-0.1, -0.05) is 24.3 Å². The van der Waals surface area contributed by atoms with Crippen molar-refractivity contribution in [2.75, 3.05) is 20.1 Å². The van der Waals surface area contributed by atoms with E-state index in [4.69, 9.17) is 6.57 Å². The first kappa shape index (κ1) is 15.0. The molecule has 0 aromatic heterocycles. The van der Waals surface area contributed by atoms with Crippen molar-refractivity contribution in [1.29, 1.82) is 0 Å². The van der Waals surface area contributed by atoms with Gasteiger partial charge in [-0.3, -0.25) is 14.5 Å². The van der Waals surface area contributed by atoms with Crippen molar-refractivity contribution < 1.29 is 14.4 Å². The topological polar surface area (TPSA) is 74.1 Å². The molecule has 2 aliphatic heterocycles. The number of nitrogens with one attached hydrogen (secondary N) is 1. The van der Waals surface area contributed by atoms with Gasteiger partial charge in [0.1, 0.15) is 5.54 Å². The predicted octanol–water partition coefficient (Wildman–Crippen LogP) is 1.39. The number of carbonyl (C=O) groups excluding carboxylic acids is 3. The van der Waals surface area contributed by atoms with Gasteiger partial charge in [0.05, 0.1) is 6.57 Å². The van der Waals surface area contributed by atoms with Crippen LogP contribution in [0, 0.1) is 6.57 Å². The van der Waals surface area contributed by atoms with Gasteiger partial charge in [-0.15, -0.1) is 0 Å². The van der Waals surface area contributed by atoms with Crippen LogP contribution in [-0.2, 0) is 4.79 Å². The molecular formula is C16H16N4O3. The SMILES string of the molecule is [C-]#[N+]c1ccc(C(=O)N2CCC3(CC2)NC(=O)N(C)C3=O)cc1. The number of imide groups is 1. The minimum Gasteiger partial charge on any atom is -0.338 e. The predicted molar refractivity (Wildman–Crippen MR) is 81.9 cm³/mol. The average Bonchev–Trinajstić information content (AvgIpc) is 2.79. The van der Waals surface area contributed by atoms with Gasteiger partial charge in [0, 0.05) is 25.7 Å². The van der Waals surface area contributed by atoms with Gasteiger partial charge < -0.3 is 10.2 Å². The van der Waals surface area contributed by atoms with Crippen LogP contribution in [0.25, 0.3) is 4.85 Å². The molecule has 0 saturated carbocycles. The molecule has 0 radical (unpaired) electrons. The Labute approximate surface area is 133 Å². The number of likely N-dealkylation sites (N-methyl/N-ethyl adjacent to an activating group) is 1. The van der Waals surface area contributed by atoms with Crippen LogP contribution in [0.15, 0.2) is 24.3 Å². The number of carbonyl (C=O) groups is 3. The van der Waals surface area contributed by atoms with E-state index < -0.39 is 5.54 Å². The molecule has 0 unspecified atom stereocenters. The second-order valence-corrected chi connectivity index (χ2v) is 5.83. The van der Waals surface area contributed by atoms with Crippen LogP contribution in [0.3, 0.4) is 0 Å². The molecule has 7 nitrogen and oxygen atoms in total. The Balaban J connectivity index is 1.69. The highest BCUT2D eigenvalue weighted by atomic mass is 16.2. The maximum absolute atomic E-state index is 12.5. The summed E-state index contributed by atoms with van der Waals surface area (Å²) in [6, 6.07) is 6.11. The summed E-state index contributed by atoms with van der Waals surface area (Å²) in [5.74, 6) is -0.350. The van der Waals surface area contributed by atoms with E-state index in [-0.39, 0.29) is 17.8 Å². The van der Waals surface area contributed by atoms with Crippen molar-refractivity contribution in [1.82, 2.24) is 15.1 Å². The molecule has 1 aromatic rings. The van der Waals surface area contributed by atoms with Gasteiger partial charge in [-0.2, -0.15) is 0 Å². The Hall–Kier alpha value is -2.88. The highest BCUT2D eigenvalue weighted by molar-refractivity contribution is 6.07. The summed E-state index contributed by atoms with van der Waals surface area (Å²) in [4.78, 5) is 42.4. The molecule has 1 spiro atoms. The summed E-state index contributed by atoms with van der Waals surface area (Å²) in [5, 5.41) is 2.75. The molecule has 118 valence electrons. The number of rotatable bonds is 1. The van der Waals surface area contributed by atoms with Crippen molar-refractivity contribution in [3.05, 3.63) is 41.2 Å². The monoisotopic (exact) mass is 312 g/mol. The fourth-order valence-corrected chi connectivity index (χ4v) is 3.05. The molecule has 23 heavy (non-hydrogen) atoms. The van der Waals surface area contributed by atoms with Crippen LogP contribution in [0.1, 0.15) is 23.2 Å². The van der Waals surface area contributed by atoms with Crippen molar-refractivity contribution in [2.24, 2.45) is 0 Å². The van der Waals surface area contributed by atoms with E-state index in [1.54, 1.807) is 29.2 Å². The number of hydrogen-bond acceptors (Lipinski definition) is 3. The van der Waals surface area contributed by atoms with E-state index in [2.05, 4.69) is 10.2 Å². The molecule has 1 aromatic carbocycles. The van der Waals surface area contributed by atoms with Crippen molar-refractivity contribution >= 4 is 23.5 Å². The first-order chi connectivity index (χ1) is 11.0. The van der Waals surface area contributed by atoms with Gasteiger partial charge in [0.15, 0.2) is 5.69 Å². The largest absolute Gasteiger partial charge is 0.338 e. The van der Waals surface area contributed by atoms with E-state index in [9.17, 15) is 14.4 Å². The first-order valence-electron chi connectivity index (χ1n) is 7.34. The Kier molecular flexibility index (Phi) is 3.52. The van der Waals surface area contributed by atoms with Crippen LogP contribution in [0.4, 0.5) is 10.5 Å². The summed E-state index contributed by atoms with van der Waals surface area (Å²) < 4.78 is 0. The fourth-order valence-electron chi connectivity index (χ4n) is 3.05. The van der Waals surface area contributed by atoms with Gasteiger partial charge >= 0.3 is 6.03 Å². The normalized spacial score (nSPS) is 19.7. The second-order valence-electron chi connectivity index (χ2n) is 5.83. The molecule has 7 heteroatoms. The van der Waals surface area contributed by atoms with E-state index >= 15 is 0 Å². The standard InChI is InChI=1S/C16H16N4O3/c1-17-12-5-3-11(4-6-12)13(21)20-9-7-16(8-10-20)14(22)19(2)15(23)18-16/h3-6H,7-10H2,2H3,(H,18,23). The summed E-state index contributed by atoms with van der Waals surface area (Å²) in [6.07, 6.45) is 0.821. The fraction of sp³-hybridized carbons (Fsp3) is 0.375. The third kappa shape index (κ3) is 2.42. The van der Waals surface area contributed by atoms with Gasteiger partial charge in [-0.25, -0.2) is 9.64 Å². The Bertz CT molecular complexity index is 712. The molecule has 0 aliphatic carbocycles. The van der Waals surface area contributed by atoms with Gasteiger partial charge in [0.2, 0.25) is 0 Å². The summed E-state index contributed by atoms with van der Waals surface area (Å²) >= 11 is 0. The number of piperidine rings is 1. The molecule has 2 aliphatic rings. The van der Waals surface area contributed by atoms with Crippen LogP contribution in [0.5, 0.6) is 0 Å². The minimum absolute atomic E-state index is 0.124. The third-order valence-electron chi connectivity index (χ3n) is 4.51. The lowest BCUT2D eigenvalue weighted by atomic mass is 9.87. The highest BCUT2D eigenvalue weighted by Gasteiger charge is 2.51. The van der Waals surface area contributed by atoms with Gasteiger partial charge in [0.25, 0.3) is 11.8 Å². The summed E-state index contributed by atoms with van der Waals surface area (Å²) in [5.41, 5.74) is 0.144. The number of nitrogens with zero attached hydrogens (tertiary/aromatic N) is 3. The molecule has 2 heterocycles. The van der Waals surface area contributed by atoms with Crippen LogP contribution in [-0.4, -0.2) is 53.3 Å². The lowest BCUT2D eigenvalue weighted by molar-refractivity contribution is -0.131. The number of amides is 4. The molecule has 2 fully saturated rings. The quantitative estimate of drug-likeness (QED) is 0.629. The Morgan fingerprint density at radius 2 is 1.83 bits per heavy atom. The molecule has 1 N–H and O–H groups in total. The molecule has 0 bridgehead atoms. The van der Waals surface area contributed by atoms with Crippen molar-refractivity contribution in [3.8, 4) is 0 Å². The van der Waals surface area contributed by atoms with Crippen LogP contribution in [0.2, 0.25) is 0 Å². The van der Waals surface area contributed by atoms with Crippen LogP contribution >= 0.6 is 0 Å². The van der Waals surface area contributed by atoms with Gasteiger partial charge in [-0.05, 0) is 12.8 Å². The minimum atomic E-state index is -0.865. The molecule has 0 atom stereocenters. The van der Waals surface area contributed by atoms with E-state index in [0.717, 1.165) is 4.90 Å². The number of hydrogen-bond donors (Lipinski definition) is 1. The zero-order valence-electron chi connectivity index (χ0n) is 12.7. The Morgan fingerprint density at radius 1 is 1.22 bits per heavy atom. The average molecular weight is 312 g/mol. The zero-order chi connectivity index (χ0) is 16.6. The highest BCUT2D eigenvalue weighted by Crippen LogP contribution is 2.29. The number of likely N-dealkylation sites (tertiary alicyclic amines) is 1. The smallest absolute Gasteiger partial charge is 0.324 e. The molecule has 2 saturated heterocycles. The molecule has 3 rings (SSSR count). The lowest BCUT2D eigenvalue weighted by Crippen LogP contribution is -2.55. The summed E-state index contributed by atoms with van der Waals surface area (Å²) in [7, 11) is 1.46. The molecule has 4 amide bonds. The second kappa shape index (κ2) is 5.39. The zero-order valence-corrected chi connectivity index (χ0v) is 12.7. The maximum atomic E-state index is 12.5. The maximum Gasteiger partial charge on any atom is 0.324 e. The van der Waals surface area contributed by atoms with E-state index in [0.29, 0.717) is 37.2 Å². The third-order valence-corrected chi connectivity index (χ3v) is 4.51. The van der Waals surface area contributed by atoms with E-state index in [1.807, 2.05) is 0 Å². The number of urea groups is 1. The molecular weight excluding hydrogens is 296 g/mol. The Morgan fingerprint density at radius 3 is 2.30 bits per heavy atom. The van der Waals surface area contributed by atoms with Crippen molar-refractivity contribution in [2.45, 2.75) is 18.4 Å².